The first-order valence-corrected chi connectivity index (χ1v) is 6.96. The standard InChI is InChI=1S/C11H14FNO5S/c1-18-11(15)10(6-14)13-19(16,17)7-8-2-4-9(12)5-3-8/h2-5,10,13-14H,6-7H2,1H3. The average molecular weight is 291 g/mol. The highest BCUT2D eigenvalue weighted by atomic mass is 32.2. The van der Waals surface area contributed by atoms with E-state index in [-0.39, 0.29) is 0 Å². The van der Waals surface area contributed by atoms with E-state index < -0.39 is 40.2 Å². The molecule has 1 rings (SSSR count). The molecule has 0 aliphatic rings. The lowest BCUT2D eigenvalue weighted by Gasteiger charge is -2.14. The van der Waals surface area contributed by atoms with Crippen LogP contribution in [0.3, 0.4) is 0 Å². The van der Waals surface area contributed by atoms with Crippen molar-refractivity contribution < 1.29 is 27.4 Å². The van der Waals surface area contributed by atoms with Crippen molar-refractivity contribution in [2.24, 2.45) is 0 Å². The molecule has 1 aromatic rings. The number of aliphatic hydroxyl groups is 1. The van der Waals surface area contributed by atoms with E-state index in [1.807, 2.05) is 4.72 Å². The van der Waals surface area contributed by atoms with Gasteiger partial charge >= 0.3 is 5.97 Å². The van der Waals surface area contributed by atoms with Crippen molar-refractivity contribution in [2.75, 3.05) is 13.7 Å². The molecule has 1 aromatic carbocycles. The number of ether oxygens (including phenoxy) is 1. The van der Waals surface area contributed by atoms with Crippen LogP contribution in [0.1, 0.15) is 5.56 Å². The minimum Gasteiger partial charge on any atom is -0.468 e. The first kappa shape index (κ1) is 15.5. The Hall–Kier alpha value is -1.51. The van der Waals surface area contributed by atoms with E-state index in [0.29, 0.717) is 5.56 Å². The summed E-state index contributed by atoms with van der Waals surface area (Å²) in [6.07, 6.45) is 0. The molecule has 1 unspecified atom stereocenters. The van der Waals surface area contributed by atoms with Crippen molar-refractivity contribution in [2.45, 2.75) is 11.8 Å². The van der Waals surface area contributed by atoms with Gasteiger partial charge in [0.1, 0.15) is 11.9 Å². The lowest BCUT2D eigenvalue weighted by Crippen LogP contribution is -2.44. The van der Waals surface area contributed by atoms with E-state index in [1.54, 1.807) is 0 Å². The van der Waals surface area contributed by atoms with Crippen LogP contribution in [0.5, 0.6) is 0 Å². The summed E-state index contributed by atoms with van der Waals surface area (Å²) in [7, 11) is -2.76. The molecule has 0 saturated heterocycles. The molecule has 0 aliphatic carbocycles. The number of methoxy groups -OCH3 is 1. The highest BCUT2D eigenvalue weighted by Crippen LogP contribution is 2.07. The summed E-state index contributed by atoms with van der Waals surface area (Å²) in [6, 6.07) is 3.56. The molecule has 0 spiro atoms. The van der Waals surface area contributed by atoms with Crippen molar-refractivity contribution in [1.82, 2.24) is 4.72 Å². The van der Waals surface area contributed by atoms with Crippen LogP contribution in [0.2, 0.25) is 0 Å². The second-order valence-corrected chi connectivity index (χ2v) is 5.52. The lowest BCUT2D eigenvalue weighted by atomic mass is 10.2. The Bertz CT molecular complexity index is 529. The van der Waals surface area contributed by atoms with Gasteiger partial charge in [-0.05, 0) is 17.7 Å². The van der Waals surface area contributed by atoms with Gasteiger partial charge in [-0.25, -0.2) is 12.8 Å². The molecular weight excluding hydrogens is 277 g/mol. The van der Waals surface area contributed by atoms with Crippen molar-refractivity contribution in [3.05, 3.63) is 35.6 Å². The summed E-state index contributed by atoms with van der Waals surface area (Å²) in [4.78, 5) is 11.2. The van der Waals surface area contributed by atoms with E-state index in [2.05, 4.69) is 4.74 Å². The van der Waals surface area contributed by atoms with Crippen LogP contribution in [-0.2, 0) is 25.3 Å². The topological polar surface area (TPSA) is 92.7 Å². The van der Waals surface area contributed by atoms with E-state index in [9.17, 15) is 17.6 Å². The average Bonchev–Trinajstić information content (AvgIpc) is 2.37. The fraction of sp³-hybridized carbons (Fsp3) is 0.364. The summed E-state index contributed by atoms with van der Waals surface area (Å²) < 4.78 is 42.5. The Morgan fingerprint density at radius 3 is 2.47 bits per heavy atom. The van der Waals surface area contributed by atoms with E-state index in [4.69, 9.17) is 5.11 Å². The maximum atomic E-state index is 12.7. The van der Waals surface area contributed by atoms with Gasteiger partial charge in [0.05, 0.1) is 19.5 Å². The van der Waals surface area contributed by atoms with E-state index in [1.165, 1.54) is 12.1 Å². The summed E-state index contributed by atoms with van der Waals surface area (Å²) >= 11 is 0. The number of carbonyl (C=O) groups is 1. The molecule has 106 valence electrons. The molecule has 1 atom stereocenters. The first-order valence-electron chi connectivity index (χ1n) is 5.31. The Morgan fingerprint density at radius 2 is 2.00 bits per heavy atom. The molecule has 0 fully saturated rings. The van der Waals surface area contributed by atoms with Gasteiger partial charge in [0, 0.05) is 0 Å². The van der Waals surface area contributed by atoms with Crippen LogP contribution in [0.4, 0.5) is 4.39 Å². The molecule has 0 amide bonds. The molecule has 8 heteroatoms. The molecule has 0 heterocycles. The van der Waals surface area contributed by atoms with Gasteiger partial charge in [-0.15, -0.1) is 0 Å². The molecule has 0 aliphatic heterocycles. The van der Waals surface area contributed by atoms with Gasteiger partial charge in [0.25, 0.3) is 0 Å². The Balaban J connectivity index is 2.75. The maximum absolute atomic E-state index is 12.7. The van der Waals surface area contributed by atoms with Gasteiger partial charge < -0.3 is 9.84 Å². The van der Waals surface area contributed by atoms with Crippen LogP contribution in [-0.4, -0.2) is 39.3 Å². The van der Waals surface area contributed by atoms with Gasteiger partial charge in [-0.2, -0.15) is 4.72 Å². The number of halogens is 1. The summed E-state index contributed by atoms with van der Waals surface area (Å²) in [5.74, 6) is -1.79. The van der Waals surface area contributed by atoms with Crippen LogP contribution >= 0.6 is 0 Å². The lowest BCUT2D eigenvalue weighted by molar-refractivity contribution is -0.143. The number of aliphatic hydroxyl groups excluding tert-OH is 1. The number of hydrogen-bond acceptors (Lipinski definition) is 5. The Morgan fingerprint density at radius 1 is 1.42 bits per heavy atom. The zero-order chi connectivity index (χ0) is 14.5. The predicted molar refractivity (Wildman–Crippen MR) is 65.0 cm³/mol. The smallest absolute Gasteiger partial charge is 0.326 e. The molecule has 0 radical (unpaired) electrons. The normalized spacial score (nSPS) is 13.0. The zero-order valence-corrected chi connectivity index (χ0v) is 11.0. The van der Waals surface area contributed by atoms with Crippen molar-refractivity contribution in [3.8, 4) is 0 Å². The quantitative estimate of drug-likeness (QED) is 0.707. The van der Waals surface area contributed by atoms with Crippen molar-refractivity contribution in [1.29, 1.82) is 0 Å². The first-order chi connectivity index (χ1) is 8.88. The minimum absolute atomic E-state index is 0.357. The third-order valence-corrected chi connectivity index (χ3v) is 3.62. The maximum Gasteiger partial charge on any atom is 0.326 e. The highest BCUT2D eigenvalue weighted by Gasteiger charge is 2.24. The zero-order valence-electron chi connectivity index (χ0n) is 10.2. The molecule has 0 bridgehead atoms. The van der Waals surface area contributed by atoms with Crippen LogP contribution < -0.4 is 4.72 Å². The molecule has 2 N–H and O–H groups in total. The van der Waals surface area contributed by atoms with Crippen LogP contribution in [0, 0.1) is 5.82 Å². The van der Waals surface area contributed by atoms with E-state index >= 15 is 0 Å². The second-order valence-electron chi connectivity index (χ2n) is 3.76. The number of rotatable bonds is 6. The van der Waals surface area contributed by atoms with Gasteiger partial charge in [0.2, 0.25) is 10.0 Å². The number of esters is 1. The molecule has 0 saturated carbocycles. The van der Waals surface area contributed by atoms with Gasteiger partial charge in [0.15, 0.2) is 0 Å². The van der Waals surface area contributed by atoms with Crippen LogP contribution in [0.15, 0.2) is 24.3 Å². The summed E-state index contributed by atoms with van der Waals surface area (Å²) in [6.45, 7) is -0.713. The summed E-state index contributed by atoms with van der Waals surface area (Å²) in [5, 5.41) is 8.92. The third kappa shape index (κ3) is 4.93. The predicted octanol–water partition coefficient (Wildman–Crippen LogP) is -0.221. The molecule has 19 heavy (non-hydrogen) atoms. The second kappa shape index (κ2) is 6.60. The fourth-order valence-electron chi connectivity index (χ4n) is 1.36. The van der Waals surface area contributed by atoms with E-state index in [0.717, 1.165) is 19.2 Å². The Kier molecular flexibility index (Phi) is 5.40. The number of carbonyl (C=O) groups excluding carboxylic acids is 1. The third-order valence-electron chi connectivity index (χ3n) is 2.26. The molecule has 0 aromatic heterocycles. The van der Waals surface area contributed by atoms with Crippen LogP contribution in [0.25, 0.3) is 0 Å². The number of benzene rings is 1. The largest absolute Gasteiger partial charge is 0.468 e. The van der Waals surface area contributed by atoms with Gasteiger partial charge in [-0.1, -0.05) is 12.1 Å². The van der Waals surface area contributed by atoms with Crippen molar-refractivity contribution >= 4 is 16.0 Å². The number of hydrogen-bond donors (Lipinski definition) is 2. The SMILES string of the molecule is COC(=O)C(CO)NS(=O)(=O)Cc1ccc(F)cc1. The number of nitrogens with one attached hydrogen (secondary N) is 1. The number of sulfonamides is 1. The Labute approximate surface area is 110 Å². The van der Waals surface area contributed by atoms with Crippen molar-refractivity contribution in [3.63, 3.8) is 0 Å². The fourth-order valence-corrected chi connectivity index (χ4v) is 2.68. The monoisotopic (exact) mass is 291 g/mol. The minimum atomic E-state index is -3.85. The molecular formula is C11H14FNO5S. The highest BCUT2D eigenvalue weighted by molar-refractivity contribution is 7.88. The summed E-state index contributed by atoms with van der Waals surface area (Å²) in [5.41, 5.74) is 0.357. The molecule has 6 nitrogen and oxygen atoms in total. The van der Waals surface area contributed by atoms with Gasteiger partial charge in [-0.3, -0.25) is 4.79 Å².